The molecule has 0 heterocycles. The molecule has 21 heavy (non-hydrogen) atoms. The highest BCUT2D eigenvalue weighted by molar-refractivity contribution is 5.29. The van der Waals surface area contributed by atoms with Crippen LogP contribution in [0.15, 0.2) is 42.5 Å². The largest absolute Gasteiger partial charge is 0.489 e. The third kappa shape index (κ3) is 4.02. The van der Waals surface area contributed by atoms with E-state index in [-0.39, 0.29) is 6.61 Å². The van der Waals surface area contributed by atoms with Crippen molar-refractivity contribution in [3.8, 4) is 5.75 Å². The van der Waals surface area contributed by atoms with Crippen LogP contribution < -0.4 is 10.1 Å². The van der Waals surface area contributed by atoms with E-state index < -0.39 is 11.6 Å². The van der Waals surface area contributed by atoms with Gasteiger partial charge in [-0.05, 0) is 48.2 Å². The smallest absolute Gasteiger partial charge is 0.159 e. The number of hydrogen-bond donors (Lipinski definition) is 1. The van der Waals surface area contributed by atoms with Crippen LogP contribution in [0.2, 0.25) is 0 Å². The van der Waals surface area contributed by atoms with Gasteiger partial charge in [0.05, 0.1) is 0 Å². The highest BCUT2D eigenvalue weighted by Crippen LogP contribution is 2.20. The second-order valence-corrected chi connectivity index (χ2v) is 5.34. The fourth-order valence-electron chi connectivity index (χ4n) is 2.09. The molecule has 0 radical (unpaired) electrons. The van der Waals surface area contributed by atoms with Gasteiger partial charge in [0.15, 0.2) is 11.6 Å². The Morgan fingerprint density at radius 2 is 1.86 bits per heavy atom. The molecule has 2 aromatic carbocycles. The number of nitrogens with one attached hydrogen (secondary N) is 1. The molecule has 0 bridgehead atoms. The Labute approximate surface area is 122 Å². The number of hydrogen-bond acceptors (Lipinski definition) is 2. The molecule has 1 saturated carbocycles. The number of halogens is 2. The van der Waals surface area contributed by atoms with Crippen LogP contribution in [0.3, 0.4) is 0 Å². The van der Waals surface area contributed by atoms with Gasteiger partial charge in [0.1, 0.15) is 12.4 Å². The first-order valence-corrected chi connectivity index (χ1v) is 7.10. The lowest BCUT2D eigenvalue weighted by Gasteiger charge is -2.09. The topological polar surface area (TPSA) is 21.3 Å². The summed E-state index contributed by atoms with van der Waals surface area (Å²) in [6, 6.07) is 12.3. The zero-order chi connectivity index (χ0) is 14.7. The predicted molar refractivity (Wildman–Crippen MR) is 77.0 cm³/mol. The van der Waals surface area contributed by atoms with Crippen molar-refractivity contribution in [2.75, 3.05) is 0 Å². The Morgan fingerprint density at radius 1 is 1.00 bits per heavy atom. The summed E-state index contributed by atoms with van der Waals surface area (Å²) in [4.78, 5) is 0. The Morgan fingerprint density at radius 3 is 2.62 bits per heavy atom. The van der Waals surface area contributed by atoms with E-state index in [0.717, 1.165) is 30.0 Å². The molecule has 0 unspecified atom stereocenters. The van der Waals surface area contributed by atoms with Crippen molar-refractivity contribution in [3.63, 3.8) is 0 Å². The molecule has 1 fully saturated rings. The summed E-state index contributed by atoms with van der Waals surface area (Å²) in [5.41, 5.74) is 1.76. The summed E-state index contributed by atoms with van der Waals surface area (Å²) < 4.78 is 31.6. The van der Waals surface area contributed by atoms with E-state index in [1.165, 1.54) is 18.9 Å². The zero-order valence-corrected chi connectivity index (χ0v) is 11.6. The first-order chi connectivity index (χ1) is 10.2. The van der Waals surface area contributed by atoms with Crippen LogP contribution in [-0.4, -0.2) is 6.04 Å². The molecule has 0 atom stereocenters. The Hall–Kier alpha value is -1.94. The van der Waals surface area contributed by atoms with Gasteiger partial charge in [0.2, 0.25) is 0 Å². The Bertz CT molecular complexity index is 626. The fourth-order valence-corrected chi connectivity index (χ4v) is 2.09. The minimum absolute atomic E-state index is 0.219. The molecule has 1 N–H and O–H groups in total. The minimum Gasteiger partial charge on any atom is -0.489 e. The molecular weight excluding hydrogens is 272 g/mol. The molecule has 0 aliphatic heterocycles. The highest BCUT2D eigenvalue weighted by Gasteiger charge is 2.19. The van der Waals surface area contributed by atoms with Gasteiger partial charge in [-0.2, -0.15) is 0 Å². The Balaban J connectivity index is 1.58. The molecular formula is C17H17F2NO. The summed E-state index contributed by atoms with van der Waals surface area (Å²) in [5, 5.41) is 3.44. The molecule has 1 aliphatic rings. The lowest BCUT2D eigenvalue weighted by atomic mass is 10.2. The summed E-state index contributed by atoms with van der Waals surface area (Å²) in [6.45, 7) is 1.05. The minimum atomic E-state index is -0.849. The maximum atomic E-state index is 13.1. The quantitative estimate of drug-likeness (QED) is 0.873. The molecule has 110 valence electrons. The molecule has 1 aliphatic carbocycles. The lowest BCUT2D eigenvalue weighted by Crippen LogP contribution is -2.15. The monoisotopic (exact) mass is 289 g/mol. The van der Waals surface area contributed by atoms with Crippen molar-refractivity contribution in [1.29, 1.82) is 0 Å². The van der Waals surface area contributed by atoms with Crippen molar-refractivity contribution in [2.24, 2.45) is 0 Å². The van der Waals surface area contributed by atoms with Crippen molar-refractivity contribution in [2.45, 2.75) is 32.0 Å². The second kappa shape index (κ2) is 6.22. The number of ether oxygens (including phenoxy) is 1. The van der Waals surface area contributed by atoms with Crippen molar-refractivity contribution >= 4 is 0 Å². The first kappa shape index (κ1) is 14.0. The molecule has 0 spiro atoms. The van der Waals surface area contributed by atoms with E-state index in [1.54, 1.807) is 0 Å². The van der Waals surface area contributed by atoms with E-state index in [9.17, 15) is 8.78 Å². The van der Waals surface area contributed by atoms with Gasteiger partial charge in [-0.3, -0.25) is 0 Å². The third-order valence-electron chi connectivity index (χ3n) is 3.46. The van der Waals surface area contributed by atoms with Gasteiger partial charge in [0.25, 0.3) is 0 Å². The molecule has 0 aromatic heterocycles. The summed E-state index contributed by atoms with van der Waals surface area (Å²) in [7, 11) is 0. The zero-order valence-electron chi connectivity index (χ0n) is 11.6. The highest BCUT2D eigenvalue weighted by atomic mass is 19.2. The molecule has 2 nitrogen and oxygen atoms in total. The molecule has 0 saturated heterocycles. The van der Waals surface area contributed by atoms with Crippen molar-refractivity contribution in [3.05, 3.63) is 65.2 Å². The van der Waals surface area contributed by atoms with Crippen LogP contribution >= 0.6 is 0 Å². The van der Waals surface area contributed by atoms with Gasteiger partial charge in [-0.15, -0.1) is 0 Å². The molecule has 4 heteroatoms. The van der Waals surface area contributed by atoms with Crippen LogP contribution in [0, 0.1) is 11.6 Å². The fraction of sp³-hybridized carbons (Fsp3) is 0.294. The van der Waals surface area contributed by atoms with Gasteiger partial charge < -0.3 is 10.1 Å². The summed E-state index contributed by atoms with van der Waals surface area (Å²) in [5.74, 6) is -0.958. The normalized spacial score (nSPS) is 14.2. The van der Waals surface area contributed by atoms with Crippen LogP contribution in [0.25, 0.3) is 0 Å². The maximum absolute atomic E-state index is 13.1. The van der Waals surface area contributed by atoms with E-state index in [0.29, 0.717) is 11.6 Å². The van der Waals surface area contributed by atoms with Gasteiger partial charge >= 0.3 is 0 Å². The van der Waals surface area contributed by atoms with E-state index in [1.807, 2.05) is 24.3 Å². The summed E-state index contributed by atoms with van der Waals surface area (Å²) in [6.07, 6.45) is 2.51. The maximum Gasteiger partial charge on any atom is 0.159 e. The van der Waals surface area contributed by atoms with E-state index >= 15 is 0 Å². The van der Waals surface area contributed by atoms with Crippen molar-refractivity contribution in [1.82, 2.24) is 5.32 Å². The lowest BCUT2D eigenvalue weighted by molar-refractivity contribution is 0.304. The predicted octanol–water partition coefficient (Wildman–Crippen LogP) is 3.80. The van der Waals surface area contributed by atoms with E-state index in [2.05, 4.69) is 5.32 Å². The van der Waals surface area contributed by atoms with Crippen LogP contribution in [-0.2, 0) is 13.2 Å². The molecule has 0 amide bonds. The Kier molecular flexibility index (Phi) is 4.15. The SMILES string of the molecule is Fc1ccc(COc2cccc(CNC3CC3)c2)cc1F. The summed E-state index contributed by atoms with van der Waals surface area (Å²) >= 11 is 0. The van der Waals surface area contributed by atoms with E-state index in [4.69, 9.17) is 4.74 Å². The third-order valence-corrected chi connectivity index (χ3v) is 3.46. The van der Waals surface area contributed by atoms with Crippen molar-refractivity contribution < 1.29 is 13.5 Å². The number of rotatable bonds is 6. The van der Waals surface area contributed by atoms with Crippen LogP contribution in [0.1, 0.15) is 24.0 Å². The van der Waals surface area contributed by atoms with Gasteiger partial charge in [0, 0.05) is 12.6 Å². The first-order valence-electron chi connectivity index (χ1n) is 7.10. The molecule has 2 aromatic rings. The van der Waals surface area contributed by atoms with Crippen LogP contribution in [0.4, 0.5) is 8.78 Å². The average Bonchev–Trinajstić information content (AvgIpc) is 3.31. The van der Waals surface area contributed by atoms with Gasteiger partial charge in [-0.25, -0.2) is 8.78 Å². The standard InChI is InChI=1S/C17H17F2NO/c18-16-7-4-13(9-17(16)19)11-21-15-3-1-2-12(8-15)10-20-14-5-6-14/h1-4,7-9,14,20H,5-6,10-11H2. The average molecular weight is 289 g/mol. The molecule has 3 rings (SSSR count). The second-order valence-electron chi connectivity index (χ2n) is 5.34. The van der Waals surface area contributed by atoms with Crippen LogP contribution in [0.5, 0.6) is 5.75 Å². The number of benzene rings is 2. The van der Waals surface area contributed by atoms with Gasteiger partial charge in [-0.1, -0.05) is 18.2 Å².